The van der Waals surface area contributed by atoms with Gasteiger partial charge in [0, 0.05) is 22.7 Å². The number of amides is 1. The molecule has 2 aromatic rings. The molecule has 0 unspecified atom stereocenters. The molecule has 0 aliphatic rings. The summed E-state index contributed by atoms with van der Waals surface area (Å²) in [7, 11) is 1.43. The number of ether oxygens (including phenoxy) is 2. The third-order valence-corrected chi connectivity index (χ3v) is 4.39. The zero-order valence-electron chi connectivity index (χ0n) is 18.3. The number of ketones is 1. The molecule has 0 bridgehead atoms. The Morgan fingerprint density at radius 1 is 1.06 bits per heavy atom. The van der Waals surface area contributed by atoms with Gasteiger partial charge in [-0.25, -0.2) is 4.79 Å². The van der Waals surface area contributed by atoms with Crippen LogP contribution in [0.1, 0.15) is 43.6 Å². The van der Waals surface area contributed by atoms with Gasteiger partial charge >= 0.3 is 5.97 Å². The summed E-state index contributed by atoms with van der Waals surface area (Å²) in [5.74, 6) is -0.901. The van der Waals surface area contributed by atoms with Gasteiger partial charge in [0.15, 0.2) is 17.6 Å². The maximum atomic E-state index is 12.5. The molecule has 7 heteroatoms. The number of aromatic hydroxyl groups is 1. The van der Waals surface area contributed by atoms with Gasteiger partial charge in [-0.3, -0.25) is 9.59 Å². The predicted octanol–water partition coefficient (Wildman–Crippen LogP) is 4.21. The molecular weight excluding hydrogens is 398 g/mol. The lowest BCUT2D eigenvalue weighted by Crippen LogP contribution is -2.27. The van der Waals surface area contributed by atoms with Gasteiger partial charge in [-0.2, -0.15) is 0 Å². The monoisotopic (exact) mass is 425 g/mol. The van der Waals surface area contributed by atoms with Gasteiger partial charge in [0.2, 0.25) is 11.7 Å². The molecular formula is C24H27NO6. The zero-order chi connectivity index (χ0) is 23.2. The lowest BCUT2D eigenvalue weighted by Gasteiger charge is -2.18. The minimum atomic E-state index is -0.985. The van der Waals surface area contributed by atoms with Crippen LogP contribution < -0.4 is 10.1 Å². The van der Waals surface area contributed by atoms with Gasteiger partial charge in [0.1, 0.15) is 0 Å². The van der Waals surface area contributed by atoms with Crippen molar-refractivity contribution in [2.24, 2.45) is 5.41 Å². The maximum absolute atomic E-state index is 12.5. The highest BCUT2D eigenvalue weighted by Gasteiger charge is 2.22. The highest BCUT2D eigenvalue weighted by molar-refractivity contribution is 6.01. The van der Waals surface area contributed by atoms with E-state index < -0.39 is 17.5 Å². The van der Waals surface area contributed by atoms with Crippen molar-refractivity contribution in [2.45, 2.75) is 33.8 Å². The van der Waals surface area contributed by atoms with E-state index in [1.165, 1.54) is 32.3 Å². The minimum Gasteiger partial charge on any atom is -0.504 e. The second-order valence-corrected chi connectivity index (χ2v) is 7.99. The molecule has 2 aromatic carbocycles. The van der Waals surface area contributed by atoms with E-state index in [-0.39, 0.29) is 23.2 Å². The molecule has 0 saturated heterocycles. The number of phenolic OH excluding ortho intramolecular Hbond substituents is 1. The van der Waals surface area contributed by atoms with E-state index in [9.17, 15) is 19.5 Å². The van der Waals surface area contributed by atoms with E-state index in [2.05, 4.69) is 5.32 Å². The number of benzene rings is 2. The van der Waals surface area contributed by atoms with Crippen molar-refractivity contribution in [3.8, 4) is 11.5 Å². The topological polar surface area (TPSA) is 102 Å². The van der Waals surface area contributed by atoms with E-state index in [0.29, 0.717) is 16.8 Å². The van der Waals surface area contributed by atoms with Crippen molar-refractivity contribution in [3.05, 3.63) is 59.7 Å². The lowest BCUT2D eigenvalue weighted by atomic mass is 9.95. The Morgan fingerprint density at radius 2 is 1.71 bits per heavy atom. The first-order chi connectivity index (χ1) is 14.5. The highest BCUT2D eigenvalue weighted by Crippen LogP contribution is 2.26. The van der Waals surface area contributed by atoms with Crippen molar-refractivity contribution in [1.82, 2.24) is 0 Å². The molecule has 0 saturated carbocycles. The normalized spacial score (nSPS) is 12.3. The molecule has 0 aliphatic heterocycles. The van der Waals surface area contributed by atoms with Gasteiger partial charge in [-0.15, -0.1) is 0 Å². The summed E-state index contributed by atoms with van der Waals surface area (Å²) >= 11 is 0. The van der Waals surface area contributed by atoms with E-state index >= 15 is 0 Å². The standard InChI is InChI=1S/C24H27NO6/c1-15(31-21(27)13-7-16-6-12-19(26)20(14-16)30-5)22(28)17-8-10-18(11-9-17)25-23(29)24(2,3)4/h6-15,26H,1-5H3,(H,25,29)/b13-7+/t15-/m1/s1. The summed E-state index contributed by atoms with van der Waals surface area (Å²) in [6, 6.07) is 11.0. The van der Waals surface area contributed by atoms with Gasteiger partial charge in [-0.1, -0.05) is 26.8 Å². The van der Waals surface area contributed by atoms with Crippen LogP contribution in [0.2, 0.25) is 0 Å². The Kier molecular flexibility index (Phi) is 7.58. The van der Waals surface area contributed by atoms with Crippen LogP contribution in [0, 0.1) is 5.41 Å². The smallest absolute Gasteiger partial charge is 0.331 e. The minimum absolute atomic E-state index is 0.00886. The fourth-order valence-electron chi connectivity index (χ4n) is 2.50. The number of methoxy groups -OCH3 is 1. The third-order valence-electron chi connectivity index (χ3n) is 4.39. The average molecular weight is 425 g/mol. The number of rotatable bonds is 7. The van der Waals surface area contributed by atoms with Crippen molar-refractivity contribution in [3.63, 3.8) is 0 Å². The molecule has 1 atom stereocenters. The number of carbonyl (C=O) groups is 3. The summed E-state index contributed by atoms with van der Waals surface area (Å²) in [6.07, 6.45) is 1.70. The molecule has 0 aromatic heterocycles. The van der Waals surface area contributed by atoms with E-state index in [4.69, 9.17) is 9.47 Å². The van der Waals surface area contributed by atoms with Crippen LogP contribution in [0.5, 0.6) is 11.5 Å². The number of hydrogen-bond donors (Lipinski definition) is 2. The quantitative estimate of drug-likeness (QED) is 0.391. The fraction of sp³-hybridized carbons (Fsp3) is 0.292. The van der Waals surface area contributed by atoms with Crippen LogP contribution in [-0.4, -0.2) is 36.0 Å². The first-order valence-electron chi connectivity index (χ1n) is 9.72. The number of Topliss-reactive ketones (excluding diaryl/α,β-unsaturated/α-hetero) is 1. The maximum Gasteiger partial charge on any atom is 0.331 e. The summed E-state index contributed by atoms with van der Waals surface area (Å²) < 4.78 is 10.2. The number of anilines is 1. The average Bonchev–Trinajstić information content (AvgIpc) is 2.72. The molecule has 0 heterocycles. The van der Waals surface area contributed by atoms with Crippen LogP contribution in [0.3, 0.4) is 0 Å². The van der Waals surface area contributed by atoms with Gasteiger partial charge in [0.05, 0.1) is 7.11 Å². The Bertz CT molecular complexity index is 986. The fourth-order valence-corrected chi connectivity index (χ4v) is 2.50. The number of phenols is 1. The molecule has 0 spiro atoms. The molecule has 1 amide bonds. The van der Waals surface area contributed by atoms with Crippen LogP contribution in [0.4, 0.5) is 5.69 Å². The summed E-state index contributed by atoms with van der Waals surface area (Å²) in [6.45, 7) is 6.92. The van der Waals surface area contributed by atoms with Crippen molar-refractivity contribution < 1.29 is 29.0 Å². The highest BCUT2D eigenvalue weighted by atomic mass is 16.5. The zero-order valence-corrected chi connectivity index (χ0v) is 18.3. The van der Waals surface area contributed by atoms with Gasteiger partial charge in [-0.05, 0) is 55.0 Å². The third kappa shape index (κ3) is 6.70. The van der Waals surface area contributed by atoms with Crippen LogP contribution >= 0.6 is 0 Å². The van der Waals surface area contributed by atoms with E-state index in [1.807, 2.05) is 20.8 Å². The van der Waals surface area contributed by atoms with Crippen LogP contribution in [0.25, 0.3) is 6.08 Å². The number of esters is 1. The molecule has 164 valence electrons. The molecule has 0 aliphatic carbocycles. The lowest BCUT2D eigenvalue weighted by molar-refractivity contribution is -0.140. The van der Waals surface area contributed by atoms with Gasteiger partial charge in [0.25, 0.3) is 0 Å². The molecule has 7 nitrogen and oxygen atoms in total. The first-order valence-corrected chi connectivity index (χ1v) is 9.72. The number of carbonyl (C=O) groups excluding carboxylic acids is 3. The largest absolute Gasteiger partial charge is 0.504 e. The van der Waals surface area contributed by atoms with Crippen LogP contribution in [-0.2, 0) is 14.3 Å². The molecule has 2 N–H and O–H groups in total. The molecule has 31 heavy (non-hydrogen) atoms. The number of hydrogen-bond acceptors (Lipinski definition) is 6. The van der Waals surface area contributed by atoms with Crippen molar-refractivity contribution in [2.75, 3.05) is 12.4 Å². The first kappa shape index (κ1) is 23.7. The number of nitrogens with one attached hydrogen (secondary N) is 1. The predicted molar refractivity (Wildman–Crippen MR) is 118 cm³/mol. The Labute approximate surface area is 181 Å². The molecule has 2 rings (SSSR count). The van der Waals surface area contributed by atoms with E-state index in [0.717, 1.165) is 0 Å². The summed E-state index contributed by atoms with van der Waals surface area (Å²) in [4.78, 5) is 36.6. The summed E-state index contributed by atoms with van der Waals surface area (Å²) in [5, 5.41) is 12.4. The van der Waals surface area contributed by atoms with Crippen molar-refractivity contribution in [1.29, 1.82) is 0 Å². The molecule has 0 radical (unpaired) electrons. The second kappa shape index (κ2) is 9.93. The van der Waals surface area contributed by atoms with E-state index in [1.54, 1.807) is 36.4 Å². The van der Waals surface area contributed by atoms with Crippen molar-refractivity contribution >= 4 is 29.4 Å². The summed E-state index contributed by atoms with van der Waals surface area (Å²) in [5.41, 5.74) is 1.03. The second-order valence-electron chi connectivity index (χ2n) is 7.99. The Hall–Kier alpha value is -3.61. The van der Waals surface area contributed by atoms with Gasteiger partial charge < -0.3 is 19.9 Å². The Morgan fingerprint density at radius 3 is 2.29 bits per heavy atom. The SMILES string of the molecule is COc1cc(/C=C/C(=O)O[C@H](C)C(=O)c2ccc(NC(=O)C(C)(C)C)cc2)ccc1O. The molecule has 0 fully saturated rings. The van der Waals surface area contributed by atoms with Crippen LogP contribution in [0.15, 0.2) is 48.5 Å². The Balaban J connectivity index is 1.97.